The Kier molecular flexibility index (Phi) is 6.18. The van der Waals surface area contributed by atoms with Crippen molar-refractivity contribution in [3.05, 3.63) is 71.2 Å². The molecule has 3 aromatic rings. The molecule has 2 N–H and O–H groups in total. The molecule has 182 valence electrons. The first-order chi connectivity index (χ1) is 16.5. The number of pyridine rings is 1. The number of hydrogen-bond acceptors (Lipinski definition) is 5. The molecule has 4 rings (SSSR count). The van der Waals surface area contributed by atoms with Crippen LogP contribution in [-0.4, -0.2) is 32.5 Å². The molecule has 1 aromatic carbocycles. The lowest BCUT2D eigenvalue weighted by atomic mass is 9.72. The maximum absolute atomic E-state index is 12.8. The van der Waals surface area contributed by atoms with Crippen LogP contribution >= 0.6 is 0 Å². The summed E-state index contributed by atoms with van der Waals surface area (Å²) in [6.07, 6.45) is -1.28. The number of nitrogens with zero attached hydrogens (tertiary/aromatic N) is 3. The van der Waals surface area contributed by atoms with Crippen molar-refractivity contribution in [2.24, 2.45) is 0 Å². The van der Waals surface area contributed by atoms with Gasteiger partial charge in [-0.15, -0.1) is 0 Å². The number of nitrogens with one attached hydrogen (secondary N) is 2. The van der Waals surface area contributed by atoms with Gasteiger partial charge in [-0.3, -0.25) is 19.7 Å². The molecule has 1 unspecified atom stereocenters. The lowest BCUT2D eigenvalue weighted by molar-refractivity contribution is -0.139. The molecule has 1 aliphatic heterocycles. The minimum absolute atomic E-state index is 0.146. The number of anilines is 1. The summed E-state index contributed by atoms with van der Waals surface area (Å²) in [5, 5.41) is 9.25. The number of piperidine rings is 1. The van der Waals surface area contributed by atoms with Gasteiger partial charge >= 0.3 is 6.18 Å². The second-order valence-electron chi connectivity index (χ2n) is 8.30. The molecule has 1 aliphatic rings. The third-order valence-corrected chi connectivity index (χ3v) is 6.31. The summed E-state index contributed by atoms with van der Waals surface area (Å²) in [6.45, 7) is 3.50. The Balaban J connectivity index is 1.50. The topological polar surface area (TPSA) is 106 Å². The van der Waals surface area contributed by atoms with Crippen molar-refractivity contribution in [1.29, 1.82) is 0 Å². The highest BCUT2D eigenvalue weighted by atomic mass is 19.4. The quantitative estimate of drug-likeness (QED) is 0.533. The van der Waals surface area contributed by atoms with Gasteiger partial charge in [-0.1, -0.05) is 19.1 Å². The van der Waals surface area contributed by atoms with Crippen molar-refractivity contribution in [3.8, 4) is 5.82 Å². The zero-order valence-corrected chi connectivity index (χ0v) is 18.9. The Hall–Kier alpha value is -4.02. The zero-order chi connectivity index (χ0) is 25.4. The number of carbonyl (C=O) groups excluding carboxylic acids is 3. The van der Waals surface area contributed by atoms with Crippen LogP contribution in [0.2, 0.25) is 0 Å². The van der Waals surface area contributed by atoms with Crippen molar-refractivity contribution in [2.75, 3.05) is 5.32 Å². The van der Waals surface area contributed by atoms with Crippen LogP contribution in [0.1, 0.15) is 53.4 Å². The Morgan fingerprint density at radius 1 is 1.14 bits per heavy atom. The molecule has 0 aliphatic carbocycles. The first kappa shape index (κ1) is 24.1. The van der Waals surface area contributed by atoms with Crippen molar-refractivity contribution in [3.63, 3.8) is 0 Å². The van der Waals surface area contributed by atoms with E-state index in [4.69, 9.17) is 0 Å². The lowest BCUT2D eigenvalue weighted by Gasteiger charge is -2.35. The predicted molar refractivity (Wildman–Crippen MR) is 120 cm³/mol. The molecule has 1 atom stereocenters. The fourth-order valence-electron chi connectivity index (χ4n) is 4.18. The number of alkyl halides is 3. The van der Waals surface area contributed by atoms with Crippen LogP contribution < -0.4 is 10.6 Å². The molecule has 3 amide bonds. The number of aromatic nitrogens is 3. The number of imide groups is 1. The summed E-state index contributed by atoms with van der Waals surface area (Å²) in [4.78, 5) is 40.7. The van der Waals surface area contributed by atoms with Gasteiger partial charge in [-0.2, -0.15) is 18.3 Å². The van der Waals surface area contributed by atoms with Crippen LogP contribution in [0.15, 0.2) is 48.8 Å². The first-order valence-electron chi connectivity index (χ1n) is 10.9. The molecular weight excluding hydrogens is 463 g/mol. The van der Waals surface area contributed by atoms with E-state index in [0.717, 1.165) is 11.6 Å². The molecule has 1 fully saturated rings. The van der Waals surface area contributed by atoms with Gasteiger partial charge in [0.15, 0.2) is 5.82 Å². The van der Waals surface area contributed by atoms with Crippen LogP contribution in [0.25, 0.3) is 5.82 Å². The molecule has 1 saturated heterocycles. The smallest absolute Gasteiger partial charge is 0.322 e. The monoisotopic (exact) mass is 485 g/mol. The molecule has 0 spiro atoms. The molecule has 11 heteroatoms. The van der Waals surface area contributed by atoms with Crippen molar-refractivity contribution < 1.29 is 27.6 Å². The van der Waals surface area contributed by atoms with E-state index in [0.29, 0.717) is 30.4 Å². The molecule has 8 nitrogen and oxygen atoms in total. The summed E-state index contributed by atoms with van der Waals surface area (Å²) >= 11 is 0. The average molecular weight is 485 g/mol. The minimum Gasteiger partial charge on any atom is -0.322 e. The van der Waals surface area contributed by atoms with E-state index in [-0.39, 0.29) is 29.6 Å². The molecular formula is C24H22F3N5O3. The van der Waals surface area contributed by atoms with Crippen LogP contribution in [0.3, 0.4) is 0 Å². The minimum atomic E-state index is -4.50. The average Bonchev–Trinajstić information content (AvgIpc) is 3.21. The second-order valence-corrected chi connectivity index (χ2v) is 8.30. The highest BCUT2D eigenvalue weighted by Gasteiger charge is 2.42. The van der Waals surface area contributed by atoms with Crippen LogP contribution in [0.5, 0.6) is 0 Å². The Labute approximate surface area is 198 Å². The van der Waals surface area contributed by atoms with Gasteiger partial charge in [-0.05, 0) is 49.6 Å². The largest absolute Gasteiger partial charge is 0.417 e. The van der Waals surface area contributed by atoms with Gasteiger partial charge < -0.3 is 5.32 Å². The Morgan fingerprint density at radius 2 is 1.86 bits per heavy atom. The lowest BCUT2D eigenvalue weighted by Crippen LogP contribution is -2.51. The van der Waals surface area contributed by atoms with Gasteiger partial charge in [0.1, 0.15) is 0 Å². The van der Waals surface area contributed by atoms with E-state index in [1.165, 1.54) is 16.9 Å². The molecule has 35 heavy (non-hydrogen) atoms. The summed E-state index contributed by atoms with van der Waals surface area (Å²) in [5.41, 5.74) is 0.181. The van der Waals surface area contributed by atoms with E-state index >= 15 is 0 Å². The SMILES string of the molecule is CCC1(c2ccc(NC(=O)c3cnn(-c4ccc(C(F)(F)F)cn4)c3C)cc2)CCC(=O)NC1=O. The van der Waals surface area contributed by atoms with Crippen LogP contribution in [-0.2, 0) is 21.2 Å². The van der Waals surface area contributed by atoms with E-state index in [1.54, 1.807) is 31.2 Å². The summed E-state index contributed by atoms with van der Waals surface area (Å²) in [6, 6.07) is 8.92. The van der Waals surface area contributed by atoms with Gasteiger partial charge in [0.25, 0.3) is 5.91 Å². The molecule has 0 radical (unpaired) electrons. The summed E-state index contributed by atoms with van der Waals surface area (Å²) < 4.78 is 39.6. The highest BCUT2D eigenvalue weighted by molar-refractivity contribution is 6.05. The molecule has 0 saturated carbocycles. The fourth-order valence-corrected chi connectivity index (χ4v) is 4.18. The van der Waals surface area contributed by atoms with E-state index in [1.807, 2.05) is 6.92 Å². The molecule has 3 heterocycles. The fraction of sp³-hybridized carbons (Fsp3) is 0.292. The Morgan fingerprint density at radius 3 is 2.43 bits per heavy atom. The van der Waals surface area contributed by atoms with E-state index in [2.05, 4.69) is 20.7 Å². The van der Waals surface area contributed by atoms with Crippen molar-refractivity contribution >= 4 is 23.4 Å². The normalized spacial score (nSPS) is 18.3. The first-order valence-corrected chi connectivity index (χ1v) is 10.9. The standard InChI is InChI=1S/C24H22F3N5O3/c1-3-23(11-10-20(33)31-22(23)35)15-4-7-17(8-5-15)30-21(34)18-13-29-32(14(18)2)19-9-6-16(12-28-19)24(25,26)27/h4-9,12-13H,3,10-11H2,1-2H3,(H,30,34)(H,31,33,35). The summed E-state index contributed by atoms with van der Waals surface area (Å²) in [5.74, 6) is -0.925. The van der Waals surface area contributed by atoms with Gasteiger partial charge in [0.2, 0.25) is 11.8 Å². The predicted octanol–water partition coefficient (Wildman–Crippen LogP) is 3.93. The third kappa shape index (κ3) is 4.53. The van der Waals surface area contributed by atoms with Gasteiger partial charge in [-0.25, -0.2) is 9.67 Å². The van der Waals surface area contributed by atoms with Crippen LogP contribution in [0, 0.1) is 6.92 Å². The maximum Gasteiger partial charge on any atom is 0.417 e. The number of rotatable bonds is 5. The van der Waals surface area contributed by atoms with Crippen molar-refractivity contribution in [2.45, 2.75) is 44.7 Å². The second kappa shape index (κ2) is 8.97. The number of carbonyl (C=O) groups is 3. The zero-order valence-electron chi connectivity index (χ0n) is 18.9. The maximum atomic E-state index is 12.8. The van der Waals surface area contributed by atoms with Gasteiger partial charge in [0.05, 0.1) is 28.4 Å². The van der Waals surface area contributed by atoms with Gasteiger partial charge in [0, 0.05) is 18.3 Å². The Bertz CT molecular complexity index is 1280. The number of halogens is 3. The van der Waals surface area contributed by atoms with Crippen LogP contribution in [0.4, 0.5) is 18.9 Å². The molecule has 2 aromatic heterocycles. The number of hydrogen-bond donors (Lipinski definition) is 2. The van der Waals surface area contributed by atoms with E-state index in [9.17, 15) is 27.6 Å². The highest BCUT2D eigenvalue weighted by Crippen LogP contribution is 2.36. The number of benzene rings is 1. The third-order valence-electron chi connectivity index (χ3n) is 6.31. The van der Waals surface area contributed by atoms with E-state index < -0.39 is 23.1 Å². The summed E-state index contributed by atoms with van der Waals surface area (Å²) in [7, 11) is 0. The number of amides is 3. The molecule has 0 bridgehead atoms. The van der Waals surface area contributed by atoms with Crippen molar-refractivity contribution in [1.82, 2.24) is 20.1 Å².